The average molecular weight is 309 g/mol. The van der Waals surface area contributed by atoms with Crippen LogP contribution in [0.5, 0.6) is 11.5 Å². The molecule has 1 aromatic rings. The normalized spacial score (nSPS) is 10.4. The minimum atomic E-state index is -1.41. The summed E-state index contributed by atoms with van der Waals surface area (Å²) < 4.78 is 11.0. The van der Waals surface area contributed by atoms with Gasteiger partial charge in [-0.1, -0.05) is 13.8 Å². The van der Waals surface area contributed by atoms with Crippen molar-refractivity contribution in [2.24, 2.45) is 0 Å². The zero-order chi connectivity index (χ0) is 16.9. The Bertz CT molecular complexity index is 525. The van der Waals surface area contributed by atoms with Crippen LogP contribution >= 0.6 is 0 Å². The molecule has 0 saturated heterocycles. The number of ether oxygens (including phenoxy) is 2. The summed E-state index contributed by atoms with van der Waals surface area (Å²) in [5.41, 5.74) is 0.225. The zero-order valence-corrected chi connectivity index (χ0v) is 13.3. The van der Waals surface area contributed by atoms with Crippen molar-refractivity contribution in [2.75, 3.05) is 13.2 Å². The Morgan fingerprint density at radius 2 is 1.36 bits per heavy atom. The van der Waals surface area contributed by atoms with Gasteiger partial charge < -0.3 is 24.5 Å². The molecule has 122 valence electrons. The highest BCUT2D eigenvalue weighted by molar-refractivity contribution is 6.00. The van der Waals surface area contributed by atoms with Crippen molar-refractivity contribution in [3.8, 4) is 11.5 Å². The van der Waals surface area contributed by atoms with E-state index in [4.69, 9.17) is 9.47 Å². The summed E-state index contributed by atoms with van der Waals surface area (Å²) in [6.07, 6.45) is 1.34. The third-order valence-electron chi connectivity index (χ3n) is 3.20. The molecule has 0 aliphatic carbocycles. The van der Waals surface area contributed by atoms with Gasteiger partial charge >= 0.3 is 5.97 Å². The summed E-state index contributed by atoms with van der Waals surface area (Å²) in [7, 11) is 0. The van der Waals surface area contributed by atoms with Crippen LogP contribution in [0.4, 0.5) is 0 Å². The fourth-order valence-corrected chi connectivity index (χ4v) is 2.22. The Kier molecular flexibility index (Phi) is 6.22. The monoisotopic (exact) mass is 309 g/mol. The molecule has 1 N–H and O–H groups in total. The molecule has 0 radical (unpaired) electrons. The van der Waals surface area contributed by atoms with E-state index in [0.717, 1.165) is 0 Å². The van der Waals surface area contributed by atoms with Crippen molar-refractivity contribution < 1.29 is 29.3 Å². The van der Waals surface area contributed by atoms with Gasteiger partial charge in [-0.15, -0.1) is 0 Å². The molecule has 0 bridgehead atoms. The number of carbonyl (C=O) groups excluding carboxylic acids is 1. The van der Waals surface area contributed by atoms with E-state index in [1.54, 1.807) is 0 Å². The van der Waals surface area contributed by atoms with Crippen LogP contribution in [0.1, 0.15) is 58.5 Å². The summed E-state index contributed by atoms with van der Waals surface area (Å²) in [5.74, 6) is -2.49. The fourth-order valence-electron chi connectivity index (χ4n) is 2.22. The van der Waals surface area contributed by atoms with Crippen molar-refractivity contribution >= 4 is 11.9 Å². The fraction of sp³-hybridized carbons (Fsp3) is 0.500. The van der Waals surface area contributed by atoms with E-state index >= 15 is 0 Å². The van der Waals surface area contributed by atoms with E-state index in [1.807, 2.05) is 13.8 Å². The van der Waals surface area contributed by atoms with Crippen molar-refractivity contribution in [3.05, 3.63) is 22.3 Å². The molecule has 1 aromatic carbocycles. The predicted molar refractivity (Wildman–Crippen MR) is 78.8 cm³/mol. The van der Waals surface area contributed by atoms with Gasteiger partial charge in [0.15, 0.2) is 0 Å². The molecule has 0 atom stereocenters. The highest BCUT2D eigenvalue weighted by atomic mass is 16.5. The summed E-state index contributed by atoms with van der Waals surface area (Å²) in [4.78, 5) is 23.0. The van der Waals surface area contributed by atoms with Gasteiger partial charge in [0.25, 0.3) is 0 Å². The predicted octanol–water partition coefficient (Wildman–Crippen LogP) is 1.94. The number of rotatable bonds is 8. The van der Waals surface area contributed by atoms with Gasteiger partial charge in [-0.3, -0.25) is 0 Å². The Balaban J connectivity index is 3.64. The van der Waals surface area contributed by atoms with Crippen LogP contribution in [0, 0.1) is 13.8 Å². The lowest BCUT2D eigenvalue weighted by Gasteiger charge is -2.22. The van der Waals surface area contributed by atoms with Gasteiger partial charge in [-0.25, -0.2) is 4.79 Å². The van der Waals surface area contributed by atoms with Crippen molar-refractivity contribution in [1.82, 2.24) is 0 Å². The van der Waals surface area contributed by atoms with E-state index in [1.165, 1.54) is 13.8 Å². The van der Waals surface area contributed by atoms with Crippen LogP contribution in [0.3, 0.4) is 0 Å². The van der Waals surface area contributed by atoms with Crippen LogP contribution in [0.2, 0.25) is 0 Å². The third-order valence-corrected chi connectivity index (χ3v) is 3.20. The molecule has 6 heteroatoms. The summed E-state index contributed by atoms with van der Waals surface area (Å²) in [6.45, 7) is 7.34. The quantitative estimate of drug-likeness (QED) is 0.788. The number of carboxylic acids is 2. The average Bonchev–Trinajstić information content (AvgIpc) is 2.44. The summed E-state index contributed by atoms with van der Waals surface area (Å²) in [5, 5.41) is 20.9. The smallest absolute Gasteiger partial charge is 0.339 e. The second-order valence-corrected chi connectivity index (χ2v) is 4.95. The third kappa shape index (κ3) is 3.50. The van der Waals surface area contributed by atoms with Gasteiger partial charge in [-0.05, 0) is 26.7 Å². The molecule has 22 heavy (non-hydrogen) atoms. The van der Waals surface area contributed by atoms with E-state index in [9.17, 15) is 19.8 Å². The molecule has 0 unspecified atom stereocenters. The maximum Gasteiger partial charge on any atom is 0.339 e. The van der Waals surface area contributed by atoms with Gasteiger partial charge in [0.2, 0.25) is 0 Å². The first-order chi connectivity index (χ1) is 10.4. The lowest BCUT2D eigenvalue weighted by molar-refractivity contribution is -0.255. The molecule has 0 aliphatic heterocycles. The van der Waals surface area contributed by atoms with Gasteiger partial charge in [-0.2, -0.15) is 0 Å². The van der Waals surface area contributed by atoms with Gasteiger partial charge in [0.1, 0.15) is 17.1 Å². The van der Waals surface area contributed by atoms with E-state index in [2.05, 4.69) is 0 Å². The first-order valence-corrected chi connectivity index (χ1v) is 7.24. The number of benzene rings is 1. The maximum absolute atomic E-state index is 11.6. The molecule has 6 nitrogen and oxygen atoms in total. The van der Waals surface area contributed by atoms with Crippen molar-refractivity contribution in [1.29, 1.82) is 0 Å². The topological polar surface area (TPSA) is 95.9 Å². The number of hydrogen-bond acceptors (Lipinski definition) is 5. The van der Waals surface area contributed by atoms with Gasteiger partial charge in [0.05, 0.1) is 19.2 Å². The first kappa shape index (κ1) is 17.8. The molecular weight excluding hydrogens is 288 g/mol. The Morgan fingerprint density at radius 1 is 0.955 bits per heavy atom. The first-order valence-electron chi connectivity index (χ1n) is 7.24. The highest BCUT2D eigenvalue weighted by Crippen LogP contribution is 2.38. The second kappa shape index (κ2) is 7.68. The molecule has 0 saturated carbocycles. The van der Waals surface area contributed by atoms with Crippen LogP contribution in [-0.4, -0.2) is 30.3 Å². The van der Waals surface area contributed by atoms with E-state index < -0.39 is 11.9 Å². The molecule has 0 amide bonds. The summed E-state index contributed by atoms with van der Waals surface area (Å²) in [6, 6.07) is 0. The standard InChI is InChI=1S/C16H22O6/c1-5-7-21-13-9(3)12(16(19)20)14(22-8-6-2)10(4)11(13)15(17)18/h5-8H2,1-4H3,(H,17,18)(H,19,20)/p-1. The molecule has 0 aliphatic rings. The lowest BCUT2D eigenvalue weighted by Crippen LogP contribution is -2.26. The molecule has 0 heterocycles. The number of hydrogen-bond donors (Lipinski definition) is 1. The second-order valence-electron chi connectivity index (χ2n) is 4.95. The molecule has 1 rings (SSSR count). The largest absolute Gasteiger partial charge is 0.545 e. The van der Waals surface area contributed by atoms with Crippen molar-refractivity contribution in [2.45, 2.75) is 40.5 Å². The Hall–Kier alpha value is -2.24. The van der Waals surface area contributed by atoms with Crippen molar-refractivity contribution in [3.63, 3.8) is 0 Å². The van der Waals surface area contributed by atoms with E-state index in [-0.39, 0.29) is 40.4 Å². The summed E-state index contributed by atoms with van der Waals surface area (Å²) >= 11 is 0. The minimum Gasteiger partial charge on any atom is -0.545 e. The Labute approximate surface area is 129 Å². The molecule has 0 spiro atoms. The minimum absolute atomic E-state index is 0.0422. The van der Waals surface area contributed by atoms with Gasteiger partial charge in [0, 0.05) is 16.7 Å². The lowest BCUT2D eigenvalue weighted by atomic mass is 9.96. The highest BCUT2D eigenvalue weighted by Gasteiger charge is 2.26. The SMILES string of the molecule is CCCOc1c(C)c(C(=O)O)c(OCCC)c(C)c1C(=O)[O-]. The van der Waals surface area contributed by atoms with Crippen LogP contribution in [0.15, 0.2) is 0 Å². The number of aromatic carboxylic acids is 2. The molecule has 0 aromatic heterocycles. The molecular formula is C16H21O6-. The van der Waals surface area contributed by atoms with Crippen LogP contribution < -0.4 is 14.6 Å². The van der Waals surface area contributed by atoms with Crippen LogP contribution in [-0.2, 0) is 0 Å². The molecule has 0 fully saturated rings. The number of carboxylic acid groups (broad SMARTS) is 2. The number of carbonyl (C=O) groups is 2. The van der Waals surface area contributed by atoms with E-state index in [0.29, 0.717) is 19.4 Å². The maximum atomic E-state index is 11.6. The Morgan fingerprint density at radius 3 is 1.73 bits per heavy atom. The van der Waals surface area contributed by atoms with Crippen LogP contribution in [0.25, 0.3) is 0 Å². The zero-order valence-electron chi connectivity index (χ0n) is 13.3.